The first-order chi connectivity index (χ1) is 9.00. The molecule has 106 valence electrons. The fourth-order valence-electron chi connectivity index (χ4n) is 2.93. The van der Waals surface area contributed by atoms with E-state index in [4.69, 9.17) is 4.74 Å². The van der Waals surface area contributed by atoms with E-state index in [2.05, 4.69) is 11.5 Å². The molecule has 0 spiro atoms. The number of ketones is 1. The molecule has 1 aromatic rings. The van der Waals surface area contributed by atoms with Gasteiger partial charge in [0.05, 0.1) is 6.10 Å². The van der Waals surface area contributed by atoms with Crippen LogP contribution in [-0.4, -0.2) is 23.1 Å². The number of hydrogen-bond acceptors (Lipinski definition) is 2. The van der Waals surface area contributed by atoms with Crippen LogP contribution in [0.25, 0.3) is 0 Å². The van der Waals surface area contributed by atoms with Gasteiger partial charge in [0.2, 0.25) is 0 Å². The van der Waals surface area contributed by atoms with E-state index in [1.54, 1.807) is 0 Å². The topological polar surface area (TPSA) is 31.2 Å². The van der Waals surface area contributed by atoms with Crippen molar-refractivity contribution in [1.29, 1.82) is 0 Å². The molecular formula is C16H25NO2. The number of rotatable bonds is 4. The number of ether oxygens (including phenoxy) is 1. The quantitative estimate of drug-likeness (QED) is 0.779. The molecule has 19 heavy (non-hydrogen) atoms. The molecule has 1 aromatic heterocycles. The Morgan fingerprint density at radius 2 is 2.05 bits per heavy atom. The predicted molar refractivity (Wildman–Crippen MR) is 76.6 cm³/mol. The largest absolute Gasteiger partial charge is 0.370 e. The van der Waals surface area contributed by atoms with Crippen molar-refractivity contribution in [3.8, 4) is 0 Å². The zero-order valence-corrected chi connectivity index (χ0v) is 12.5. The van der Waals surface area contributed by atoms with Gasteiger partial charge in [-0.3, -0.25) is 4.79 Å². The zero-order valence-electron chi connectivity index (χ0n) is 12.5. The molecule has 0 amide bonds. The van der Waals surface area contributed by atoms with E-state index in [0.717, 1.165) is 23.4 Å². The number of aryl methyl sites for hydroxylation is 1. The van der Waals surface area contributed by atoms with Gasteiger partial charge in [-0.1, -0.05) is 19.8 Å². The van der Waals surface area contributed by atoms with Crippen molar-refractivity contribution in [1.82, 2.24) is 4.57 Å². The highest BCUT2D eigenvalue weighted by Crippen LogP contribution is 2.26. The molecule has 2 unspecified atom stereocenters. The molecule has 3 heteroatoms. The number of Topliss-reactive ketones (excluding diaryl/α,β-unsaturated/α-hetero) is 1. The highest BCUT2D eigenvalue weighted by molar-refractivity contribution is 5.98. The van der Waals surface area contributed by atoms with Crippen LogP contribution in [0.1, 0.15) is 54.4 Å². The molecule has 2 rings (SSSR count). The maximum absolute atomic E-state index is 12.2. The molecular weight excluding hydrogens is 238 g/mol. The van der Waals surface area contributed by atoms with Gasteiger partial charge < -0.3 is 9.30 Å². The maximum atomic E-state index is 12.2. The summed E-state index contributed by atoms with van der Waals surface area (Å²) in [5, 5.41) is 0. The second-order valence-corrected chi connectivity index (χ2v) is 5.88. The minimum atomic E-state index is 0.110. The monoisotopic (exact) mass is 263 g/mol. The van der Waals surface area contributed by atoms with Crippen LogP contribution in [0.2, 0.25) is 0 Å². The second-order valence-electron chi connectivity index (χ2n) is 5.88. The van der Waals surface area contributed by atoms with Crippen molar-refractivity contribution in [2.45, 2.75) is 52.6 Å². The number of aromatic nitrogens is 1. The molecule has 0 N–H and O–H groups in total. The molecule has 1 aliphatic rings. The molecule has 0 bridgehead atoms. The van der Waals surface area contributed by atoms with Gasteiger partial charge in [-0.25, -0.2) is 0 Å². The Morgan fingerprint density at radius 1 is 1.37 bits per heavy atom. The lowest BCUT2D eigenvalue weighted by Gasteiger charge is -2.28. The molecule has 2 atom stereocenters. The Bertz CT molecular complexity index is 462. The van der Waals surface area contributed by atoms with Gasteiger partial charge in [-0.2, -0.15) is 0 Å². The average Bonchev–Trinajstić information content (AvgIpc) is 2.65. The second kappa shape index (κ2) is 5.91. The van der Waals surface area contributed by atoms with E-state index in [1.807, 2.05) is 27.0 Å². The summed E-state index contributed by atoms with van der Waals surface area (Å²) in [5.41, 5.74) is 2.96. The van der Waals surface area contributed by atoms with E-state index in [0.29, 0.717) is 5.92 Å². The summed E-state index contributed by atoms with van der Waals surface area (Å²) >= 11 is 0. The fraction of sp³-hybridized carbons (Fsp3) is 0.688. The van der Waals surface area contributed by atoms with Crippen LogP contribution in [0, 0.1) is 19.8 Å². The lowest BCUT2D eigenvalue weighted by atomic mass is 9.88. The van der Waals surface area contributed by atoms with Crippen molar-refractivity contribution in [3.05, 3.63) is 23.0 Å². The van der Waals surface area contributed by atoms with Crippen LogP contribution in [0.4, 0.5) is 0 Å². The highest BCUT2D eigenvalue weighted by atomic mass is 16.5. The Morgan fingerprint density at radius 3 is 2.63 bits per heavy atom. The number of nitrogens with zero attached hydrogens (tertiary/aromatic N) is 1. The summed E-state index contributed by atoms with van der Waals surface area (Å²) < 4.78 is 7.91. The van der Waals surface area contributed by atoms with Crippen LogP contribution in [-0.2, 0) is 11.8 Å². The van der Waals surface area contributed by atoms with Gasteiger partial charge >= 0.3 is 0 Å². The van der Waals surface area contributed by atoms with Gasteiger partial charge in [-0.05, 0) is 38.7 Å². The van der Waals surface area contributed by atoms with Gasteiger partial charge in [0.25, 0.3) is 0 Å². The molecule has 0 aromatic carbocycles. The van der Waals surface area contributed by atoms with Crippen LogP contribution in [0.5, 0.6) is 0 Å². The normalized spacial score (nSPS) is 23.6. The third-order valence-electron chi connectivity index (χ3n) is 4.54. The molecule has 3 nitrogen and oxygen atoms in total. The summed E-state index contributed by atoms with van der Waals surface area (Å²) in [6, 6.07) is 1.96. The van der Waals surface area contributed by atoms with Crippen molar-refractivity contribution in [2.24, 2.45) is 13.0 Å². The Labute approximate surface area is 115 Å². The summed E-state index contributed by atoms with van der Waals surface area (Å²) in [7, 11) is 1.99. The van der Waals surface area contributed by atoms with Gasteiger partial charge in [0.15, 0.2) is 5.78 Å². The Kier molecular flexibility index (Phi) is 4.46. The third kappa shape index (κ3) is 3.08. The fourth-order valence-corrected chi connectivity index (χ4v) is 2.93. The van der Waals surface area contributed by atoms with Crippen molar-refractivity contribution in [3.63, 3.8) is 0 Å². The average molecular weight is 263 g/mol. The summed E-state index contributed by atoms with van der Waals surface area (Å²) in [6.07, 6.45) is 5.12. The first-order valence-corrected chi connectivity index (χ1v) is 7.28. The van der Waals surface area contributed by atoms with Gasteiger partial charge in [0, 0.05) is 24.0 Å². The molecule has 0 saturated heterocycles. The van der Waals surface area contributed by atoms with Gasteiger partial charge in [-0.15, -0.1) is 0 Å². The molecule has 0 radical (unpaired) electrons. The number of carbonyl (C=O) groups is 1. The molecule has 1 saturated carbocycles. The lowest BCUT2D eigenvalue weighted by molar-refractivity contribution is 0.000724. The van der Waals surface area contributed by atoms with E-state index in [1.165, 1.54) is 19.3 Å². The minimum Gasteiger partial charge on any atom is -0.370 e. The first-order valence-electron chi connectivity index (χ1n) is 7.28. The van der Waals surface area contributed by atoms with Gasteiger partial charge in [0.1, 0.15) is 6.61 Å². The van der Waals surface area contributed by atoms with E-state index in [-0.39, 0.29) is 18.5 Å². The Balaban J connectivity index is 1.95. The molecule has 0 aliphatic heterocycles. The predicted octanol–water partition coefficient (Wildman–Crippen LogP) is 3.42. The number of carbonyl (C=O) groups excluding carboxylic acids is 1. The van der Waals surface area contributed by atoms with E-state index >= 15 is 0 Å². The van der Waals surface area contributed by atoms with Crippen LogP contribution in [0.15, 0.2) is 6.07 Å². The standard InChI is InChI=1S/C16H25NO2/c1-11-7-5-6-8-16(11)19-10-15(18)14-9-12(2)17(4)13(14)3/h9,11,16H,5-8,10H2,1-4H3. The number of hydrogen-bond donors (Lipinski definition) is 0. The lowest BCUT2D eigenvalue weighted by Crippen LogP contribution is -2.28. The van der Waals surface area contributed by atoms with E-state index < -0.39 is 0 Å². The highest BCUT2D eigenvalue weighted by Gasteiger charge is 2.23. The molecule has 1 aliphatic carbocycles. The van der Waals surface area contributed by atoms with Crippen LogP contribution < -0.4 is 0 Å². The summed E-state index contributed by atoms with van der Waals surface area (Å²) in [5.74, 6) is 0.694. The van der Waals surface area contributed by atoms with Crippen molar-refractivity contribution in [2.75, 3.05) is 6.61 Å². The third-order valence-corrected chi connectivity index (χ3v) is 4.54. The smallest absolute Gasteiger partial charge is 0.190 e. The molecule has 1 fully saturated rings. The minimum absolute atomic E-state index is 0.110. The zero-order chi connectivity index (χ0) is 14.0. The maximum Gasteiger partial charge on any atom is 0.190 e. The SMILES string of the molecule is Cc1cc(C(=O)COC2CCCCC2C)c(C)n1C. The van der Waals surface area contributed by atoms with E-state index in [9.17, 15) is 4.79 Å². The summed E-state index contributed by atoms with van der Waals surface area (Å²) in [6.45, 7) is 6.46. The summed E-state index contributed by atoms with van der Waals surface area (Å²) in [4.78, 5) is 12.2. The molecule has 1 heterocycles. The first kappa shape index (κ1) is 14.3. The van der Waals surface area contributed by atoms with Crippen LogP contribution in [0.3, 0.4) is 0 Å². The van der Waals surface area contributed by atoms with Crippen molar-refractivity contribution < 1.29 is 9.53 Å². The van der Waals surface area contributed by atoms with Crippen LogP contribution >= 0.6 is 0 Å². The van der Waals surface area contributed by atoms with Crippen molar-refractivity contribution >= 4 is 5.78 Å². The Hall–Kier alpha value is -1.09.